The fourth-order valence-corrected chi connectivity index (χ4v) is 19.4. The van der Waals surface area contributed by atoms with Gasteiger partial charge in [0.2, 0.25) is 0 Å². The molecule has 620 valence electrons. The van der Waals surface area contributed by atoms with Gasteiger partial charge in [-0.05, 0) is 140 Å². The summed E-state index contributed by atoms with van der Waals surface area (Å²) in [5.74, 6) is 6.77. The first kappa shape index (κ1) is 77.9. The van der Waals surface area contributed by atoms with Crippen molar-refractivity contribution in [3.8, 4) is 148 Å². The monoisotopic (exact) mass is 1710 g/mol. The van der Waals surface area contributed by atoms with E-state index in [1.165, 1.54) is 53.6 Å². The van der Waals surface area contributed by atoms with Crippen LogP contribution in [0, 0.1) is 0 Å². The molecule has 1 aliphatic carbocycles. The summed E-state index contributed by atoms with van der Waals surface area (Å²) in [6.07, 6.45) is 0. The standard InChI is InChI=1S/C48H31N3O.C35H21N3O2.C35H21N3OS/c1-4-15-32(16-5-1)33-27-29-34(30-28-33)45-49-46(51-47(50-45)43-31-35-17-10-13-26-42(35)52-43)39-23-14-25-41-44(39)38-22-11-12-24-40(38)48(41,36-18-6-2-7-19-36)37-20-8-3-9-21-37;1-2-9-22(10-3-1)23-17-19-24(20-18-23)33-36-34(38-35(37-33)31-21-25-11-4-6-15-29(25)39-31)28-14-8-13-27-26-12-5-7-16-30(26)40-32(27)28;1-2-8-22(9-3-1)23-14-16-24(17-15-23)33-36-34(38-35(37-33)30-21-25-10-4-6-12-29(25)39-30)26-18-19-32-28(20-26)27-11-5-7-13-31(27)40-32/h1-31H;2*1-21H. The zero-order valence-corrected chi connectivity index (χ0v) is 71.5. The second-order valence-corrected chi connectivity index (χ2v) is 33.6. The Morgan fingerprint density at radius 2 is 0.515 bits per heavy atom. The van der Waals surface area contributed by atoms with Crippen LogP contribution in [-0.4, -0.2) is 44.9 Å². The van der Waals surface area contributed by atoms with Gasteiger partial charge in [0.25, 0.3) is 0 Å². The molecule has 0 radical (unpaired) electrons. The highest BCUT2D eigenvalue weighted by atomic mass is 32.1. The minimum Gasteiger partial charge on any atom is -0.455 e. The van der Waals surface area contributed by atoms with Gasteiger partial charge in [0.15, 0.2) is 69.7 Å². The lowest BCUT2D eigenvalue weighted by Gasteiger charge is -2.33. The predicted octanol–water partition coefficient (Wildman–Crippen LogP) is 30.5. The summed E-state index contributed by atoms with van der Waals surface area (Å²) in [4.78, 5) is 45.0. The quantitative estimate of drug-likeness (QED) is 0.101. The molecular weight excluding hydrogens is 1640 g/mol. The van der Waals surface area contributed by atoms with E-state index in [-0.39, 0.29) is 0 Å². The molecule has 0 saturated heterocycles. The van der Waals surface area contributed by atoms with Crippen LogP contribution < -0.4 is 0 Å². The third-order valence-electron chi connectivity index (χ3n) is 24.6. The summed E-state index contributed by atoms with van der Waals surface area (Å²) in [5.41, 5.74) is 22.8. The van der Waals surface area contributed by atoms with Crippen molar-refractivity contribution in [3.05, 3.63) is 465 Å². The van der Waals surface area contributed by atoms with Crippen LogP contribution in [0.5, 0.6) is 0 Å². The molecular formula is C118H73N9O4S. The molecule has 8 aromatic heterocycles. The summed E-state index contributed by atoms with van der Waals surface area (Å²) in [7, 11) is 0. The lowest BCUT2D eigenvalue weighted by atomic mass is 9.67. The van der Waals surface area contributed by atoms with Gasteiger partial charge in [-0.2, -0.15) is 0 Å². The highest BCUT2D eigenvalue weighted by Gasteiger charge is 2.47. The molecule has 17 aromatic carbocycles. The van der Waals surface area contributed by atoms with E-state index in [1.807, 2.05) is 164 Å². The fraction of sp³-hybridized carbons (Fsp3) is 0.00847. The van der Waals surface area contributed by atoms with Gasteiger partial charge < -0.3 is 17.7 Å². The number of furan rings is 4. The van der Waals surface area contributed by atoms with Crippen molar-refractivity contribution in [2.75, 3.05) is 0 Å². The Labute approximate surface area is 761 Å². The highest BCUT2D eigenvalue weighted by molar-refractivity contribution is 7.25. The number of benzene rings is 17. The Bertz CT molecular complexity index is 8490. The molecule has 14 heteroatoms. The van der Waals surface area contributed by atoms with Crippen LogP contribution in [0.3, 0.4) is 0 Å². The SMILES string of the molecule is c1ccc(-c2ccc(-c3nc(-c4cc5ccccc5o4)nc(-c4cccc5c4-c4ccccc4C5(c4ccccc4)c4ccccc4)n3)cc2)cc1.c1ccc(-c2ccc(-c3nc(-c4cc5ccccc5o4)nc(-c4cccc5c4oc4ccccc45)n3)cc2)cc1.c1ccc(-c2ccc(-c3nc(-c4ccc5sc6ccccc6c5c4)nc(-c4cc5ccccc5o4)n3)cc2)cc1. The Morgan fingerprint density at radius 3 is 1.01 bits per heavy atom. The molecule has 0 fully saturated rings. The summed E-state index contributed by atoms with van der Waals surface area (Å²) < 4.78 is 27.5. The van der Waals surface area contributed by atoms with Gasteiger partial charge in [0.1, 0.15) is 27.9 Å². The fourth-order valence-electron chi connectivity index (χ4n) is 18.3. The largest absolute Gasteiger partial charge is 0.455 e. The summed E-state index contributed by atoms with van der Waals surface area (Å²) >= 11 is 1.80. The van der Waals surface area contributed by atoms with Crippen LogP contribution in [0.15, 0.2) is 461 Å². The number of thiophene rings is 1. The lowest BCUT2D eigenvalue weighted by molar-refractivity contribution is 0.624. The second-order valence-electron chi connectivity index (χ2n) is 32.5. The van der Waals surface area contributed by atoms with E-state index >= 15 is 0 Å². The predicted molar refractivity (Wildman–Crippen MR) is 532 cm³/mol. The molecule has 13 nitrogen and oxygen atoms in total. The number of fused-ring (bicyclic) bond motifs is 12. The van der Waals surface area contributed by atoms with Gasteiger partial charge in [-0.15, -0.1) is 11.3 Å². The zero-order valence-electron chi connectivity index (χ0n) is 70.7. The third-order valence-corrected chi connectivity index (χ3v) is 25.7. The van der Waals surface area contributed by atoms with Gasteiger partial charge in [-0.1, -0.05) is 370 Å². The molecule has 132 heavy (non-hydrogen) atoms. The van der Waals surface area contributed by atoms with Gasteiger partial charge in [-0.25, -0.2) is 44.9 Å². The molecule has 0 amide bonds. The Balaban J connectivity index is 0.000000111. The molecule has 0 spiro atoms. The first-order chi connectivity index (χ1) is 65.3. The third kappa shape index (κ3) is 14.4. The van der Waals surface area contributed by atoms with Crippen LogP contribution in [0.25, 0.3) is 223 Å². The number of aromatic nitrogens is 9. The molecule has 26 rings (SSSR count). The van der Waals surface area contributed by atoms with E-state index < -0.39 is 5.41 Å². The number of para-hydroxylation sites is 5. The van der Waals surface area contributed by atoms with Gasteiger partial charge in [-0.3, -0.25) is 0 Å². The van der Waals surface area contributed by atoms with Crippen molar-refractivity contribution >= 4 is 86.4 Å². The Hall–Kier alpha value is -17.6. The van der Waals surface area contributed by atoms with E-state index in [4.69, 9.17) is 62.5 Å². The van der Waals surface area contributed by atoms with Crippen molar-refractivity contribution in [2.24, 2.45) is 0 Å². The number of nitrogens with zero attached hydrogens (tertiary/aromatic N) is 9. The topological polar surface area (TPSA) is 169 Å². The maximum absolute atomic E-state index is 6.36. The smallest absolute Gasteiger partial charge is 0.199 e. The molecule has 0 aliphatic heterocycles. The number of rotatable bonds is 14. The lowest BCUT2D eigenvalue weighted by Crippen LogP contribution is -2.28. The molecule has 0 bridgehead atoms. The van der Waals surface area contributed by atoms with E-state index in [0.717, 1.165) is 122 Å². The van der Waals surface area contributed by atoms with Gasteiger partial charge in [0.05, 0.1) is 11.0 Å². The summed E-state index contributed by atoms with van der Waals surface area (Å²) in [6, 6.07) is 152. The van der Waals surface area contributed by atoms with Gasteiger partial charge in [0, 0.05) is 74.9 Å². The van der Waals surface area contributed by atoms with Crippen molar-refractivity contribution in [1.29, 1.82) is 0 Å². The molecule has 0 saturated carbocycles. The van der Waals surface area contributed by atoms with Crippen molar-refractivity contribution in [1.82, 2.24) is 44.9 Å². The number of hydrogen-bond acceptors (Lipinski definition) is 14. The van der Waals surface area contributed by atoms with Crippen LogP contribution in [0.1, 0.15) is 22.3 Å². The maximum atomic E-state index is 6.36. The van der Waals surface area contributed by atoms with E-state index in [9.17, 15) is 0 Å². The minimum atomic E-state index is -0.533. The first-order valence-corrected chi connectivity index (χ1v) is 44.6. The molecule has 0 N–H and O–H groups in total. The van der Waals surface area contributed by atoms with Gasteiger partial charge >= 0.3 is 0 Å². The minimum absolute atomic E-state index is 0.469. The van der Waals surface area contributed by atoms with Crippen LogP contribution in [-0.2, 0) is 5.41 Å². The average molecular weight is 1710 g/mol. The molecule has 8 heterocycles. The van der Waals surface area contributed by atoms with Crippen molar-refractivity contribution in [2.45, 2.75) is 5.41 Å². The highest BCUT2D eigenvalue weighted by Crippen LogP contribution is 2.58. The summed E-state index contributed by atoms with van der Waals surface area (Å²) in [5, 5.41) is 7.53. The zero-order chi connectivity index (χ0) is 87.4. The molecule has 25 aromatic rings. The second kappa shape index (κ2) is 33.3. The van der Waals surface area contributed by atoms with E-state index in [0.29, 0.717) is 69.7 Å². The normalized spacial score (nSPS) is 12.0. The van der Waals surface area contributed by atoms with E-state index in [1.54, 1.807) is 11.3 Å². The first-order valence-electron chi connectivity index (χ1n) is 43.8. The van der Waals surface area contributed by atoms with E-state index in [2.05, 4.69) is 279 Å². The maximum Gasteiger partial charge on any atom is 0.199 e. The Kier molecular flexibility index (Phi) is 19.7. The summed E-state index contributed by atoms with van der Waals surface area (Å²) in [6.45, 7) is 0. The Morgan fingerprint density at radius 1 is 0.189 bits per heavy atom. The average Bonchev–Trinajstić information content (AvgIpc) is 1.53. The van der Waals surface area contributed by atoms with Crippen LogP contribution >= 0.6 is 11.3 Å². The number of hydrogen-bond donors (Lipinski definition) is 0. The van der Waals surface area contributed by atoms with Crippen LogP contribution in [0.2, 0.25) is 0 Å². The van der Waals surface area contributed by atoms with Crippen LogP contribution in [0.4, 0.5) is 0 Å². The van der Waals surface area contributed by atoms with Crippen molar-refractivity contribution in [3.63, 3.8) is 0 Å². The molecule has 0 atom stereocenters. The molecule has 1 aliphatic rings. The van der Waals surface area contributed by atoms with Crippen molar-refractivity contribution < 1.29 is 17.7 Å². The molecule has 0 unspecified atom stereocenters.